The summed E-state index contributed by atoms with van der Waals surface area (Å²) in [6.07, 6.45) is 0. The van der Waals surface area contributed by atoms with Crippen LogP contribution in [0.4, 0.5) is 16.5 Å². The summed E-state index contributed by atoms with van der Waals surface area (Å²) in [5.41, 5.74) is 5.73. The summed E-state index contributed by atoms with van der Waals surface area (Å²) in [5, 5.41) is 12.1. The van der Waals surface area contributed by atoms with Crippen molar-refractivity contribution in [1.29, 1.82) is 0 Å². The number of nitrogens with one attached hydrogen (secondary N) is 2. The zero-order chi connectivity index (χ0) is 19.5. The van der Waals surface area contributed by atoms with E-state index >= 15 is 0 Å². The van der Waals surface area contributed by atoms with Gasteiger partial charge < -0.3 is 10.6 Å². The molecule has 0 saturated carbocycles. The molecule has 2 heterocycles. The number of hydrogen-bond acceptors (Lipinski definition) is 6. The van der Waals surface area contributed by atoms with Crippen molar-refractivity contribution in [2.45, 2.75) is 13.8 Å². The van der Waals surface area contributed by atoms with Crippen molar-refractivity contribution < 1.29 is 4.79 Å². The van der Waals surface area contributed by atoms with Gasteiger partial charge in [0, 0.05) is 40.2 Å². The Morgan fingerprint density at radius 1 is 0.893 bits per heavy atom. The van der Waals surface area contributed by atoms with Crippen molar-refractivity contribution in [2.24, 2.45) is 0 Å². The first-order chi connectivity index (χ1) is 13.6. The van der Waals surface area contributed by atoms with Gasteiger partial charge in [0.15, 0.2) is 5.13 Å². The second kappa shape index (κ2) is 7.92. The molecule has 4 aromatic rings. The van der Waals surface area contributed by atoms with E-state index in [0.717, 1.165) is 44.0 Å². The average molecular weight is 407 g/mol. The van der Waals surface area contributed by atoms with Crippen molar-refractivity contribution in [1.82, 2.24) is 9.97 Å². The molecule has 0 spiro atoms. The molecule has 0 aliphatic carbocycles. The number of carbonyl (C=O) groups excluding carboxylic acids is 1. The van der Waals surface area contributed by atoms with Crippen LogP contribution in [0.15, 0.2) is 59.3 Å². The minimum absolute atomic E-state index is 0.0806. The highest BCUT2D eigenvalue weighted by Crippen LogP contribution is 2.30. The summed E-state index contributed by atoms with van der Waals surface area (Å²) < 4.78 is 0. The summed E-state index contributed by atoms with van der Waals surface area (Å²) >= 11 is 3.20. The van der Waals surface area contributed by atoms with E-state index in [0.29, 0.717) is 0 Å². The Hall–Kier alpha value is -3.03. The van der Waals surface area contributed by atoms with E-state index in [2.05, 4.69) is 38.1 Å². The number of carbonyl (C=O) groups is 1. The van der Waals surface area contributed by atoms with Crippen LogP contribution in [0.5, 0.6) is 0 Å². The van der Waals surface area contributed by atoms with Crippen LogP contribution in [0.3, 0.4) is 0 Å². The Balaban J connectivity index is 1.50. The van der Waals surface area contributed by atoms with Crippen molar-refractivity contribution in [2.75, 3.05) is 10.6 Å². The lowest BCUT2D eigenvalue weighted by Crippen LogP contribution is -2.05. The lowest BCUT2D eigenvalue weighted by Gasteiger charge is -2.05. The number of amides is 1. The fraction of sp³-hybridized carbons (Fsp3) is 0.0952. The Labute approximate surface area is 171 Å². The Morgan fingerprint density at radius 2 is 1.64 bits per heavy atom. The molecule has 0 saturated heterocycles. The van der Waals surface area contributed by atoms with Crippen molar-refractivity contribution >= 4 is 45.1 Å². The Kier molecular flexibility index (Phi) is 5.18. The number of thiazole rings is 2. The fourth-order valence-corrected chi connectivity index (χ4v) is 4.13. The van der Waals surface area contributed by atoms with E-state index in [1.54, 1.807) is 22.7 Å². The highest BCUT2D eigenvalue weighted by molar-refractivity contribution is 7.14. The van der Waals surface area contributed by atoms with Gasteiger partial charge in [-0.2, -0.15) is 0 Å². The molecule has 0 bridgehead atoms. The second-order valence-electron chi connectivity index (χ2n) is 6.25. The molecule has 0 atom stereocenters. The van der Waals surface area contributed by atoms with Gasteiger partial charge in [0.1, 0.15) is 0 Å². The van der Waals surface area contributed by atoms with Crippen LogP contribution < -0.4 is 10.6 Å². The minimum Gasteiger partial charge on any atom is -0.332 e. The molecule has 0 aliphatic rings. The molecule has 2 aromatic carbocycles. The monoisotopic (exact) mass is 406 g/mol. The number of hydrogen-bond donors (Lipinski definition) is 2. The molecule has 0 aliphatic heterocycles. The molecule has 4 rings (SSSR count). The maximum Gasteiger partial charge on any atom is 0.221 e. The molecule has 2 aromatic heterocycles. The topological polar surface area (TPSA) is 66.9 Å². The quantitative estimate of drug-likeness (QED) is 0.430. The first-order valence-electron chi connectivity index (χ1n) is 8.70. The number of aryl methyl sites for hydroxylation is 1. The van der Waals surface area contributed by atoms with Crippen molar-refractivity contribution in [3.05, 3.63) is 64.3 Å². The van der Waals surface area contributed by atoms with Gasteiger partial charge >= 0.3 is 0 Å². The van der Waals surface area contributed by atoms with E-state index in [1.807, 2.05) is 48.7 Å². The maximum absolute atomic E-state index is 11.1. The van der Waals surface area contributed by atoms with Gasteiger partial charge in [0.25, 0.3) is 0 Å². The van der Waals surface area contributed by atoms with Gasteiger partial charge in [0.05, 0.1) is 16.4 Å². The molecular weight excluding hydrogens is 388 g/mol. The van der Waals surface area contributed by atoms with Gasteiger partial charge in [-0.15, -0.1) is 22.7 Å². The van der Waals surface area contributed by atoms with E-state index in [4.69, 9.17) is 0 Å². The summed E-state index contributed by atoms with van der Waals surface area (Å²) in [4.78, 5) is 20.4. The molecule has 5 nitrogen and oxygen atoms in total. The average Bonchev–Trinajstić information content (AvgIpc) is 3.31. The zero-order valence-corrected chi connectivity index (χ0v) is 17.0. The number of nitrogens with zero attached hydrogens (tertiary/aromatic N) is 2. The third-order valence-electron chi connectivity index (χ3n) is 4.03. The lowest BCUT2D eigenvalue weighted by molar-refractivity contribution is -0.114. The van der Waals surface area contributed by atoms with Crippen molar-refractivity contribution in [3.63, 3.8) is 0 Å². The normalized spacial score (nSPS) is 10.6. The number of aromatic nitrogens is 2. The lowest BCUT2D eigenvalue weighted by atomic mass is 10.1. The maximum atomic E-state index is 11.1. The minimum atomic E-state index is -0.0806. The Bertz CT molecular complexity index is 1120. The van der Waals surface area contributed by atoms with Gasteiger partial charge in [-0.3, -0.25) is 4.79 Å². The smallest absolute Gasteiger partial charge is 0.221 e. The molecule has 28 heavy (non-hydrogen) atoms. The van der Waals surface area contributed by atoms with Crippen LogP contribution in [-0.2, 0) is 4.79 Å². The van der Waals surface area contributed by atoms with Gasteiger partial charge in [-0.05, 0) is 31.2 Å². The molecule has 7 heteroatoms. The number of benzene rings is 2. The fourth-order valence-electron chi connectivity index (χ4n) is 2.77. The first-order valence-corrected chi connectivity index (χ1v) is 10.5. The van der Waals surface area contributed by atoms with Crippen LogP contribution in [0, 0.1) is 6.92 Å². The Morgan fingerprint density at radius 3 is 2.36 bits per heavy atom. The SMILES string of the molecule is CC(=O)Nc1ccc(-c2csc(Nc3cccc(-c4csc(C)n4)c3)n2)cc1. The molecule has 0 radical (unpaired) electrons. The van der Waals surface area contributed by atoms with Crippen LogP contribution in [0.1, 0.15) is 11.9 Å². The van der Waals surface area contributed by atoms with Gasteiger partial charge in [-0.1, -0.05) is 24.3 Å². The standard InChI is InChI=1S/C21H18N4OS2/c1-13(26)22-17-8-6-15(7-9-17)19-12-28-21(25-19)24-18-5-3-4-16(10-18)20-11-27-14(2)23-20/h3-12H,1-2H3,(H,22,26)(H,24,25). The molecule has 1 amide bonds. The molecule has 0 fully saturated rings. The van der Waals surface area contributed by atoms with E-state index < -0.39 is 0 Å². The van der Waals surface area contributed by atoms with Crippen LogP contribution in [0.2, 0.25) is 0 Å². The molecule has 140 valence electrons. The predicted molar refractivity (Wildman–Crippen MR) is 117 cm³/mol. The van der Waals surface area contributed by atoms with Crippen LogP contribution >= 0.6 is 22.7 Å². The first kappa shape index (κ1) is 18.3. The predicted octanol–water partition coefficient (Wildman–Crippen LogP) is 5.94. The number of anilines is 3. The van der Waals surface area contributed by atoms with E-state index in [-0.39, 0.29) is 5.91 Å². The summed E-state index contributed by atoms with van der Waals surface area (Å²) in [7, 11) is 0. The molecule has 0 unspecified atom stereocenters. The second-order valence-corrected chi connectivity index (χ2v) is 8.17. The van der Waals surface area contributed by atoms with Gasteiger partial charge in [0.2, 0.25) is 5.91 Å². The summed E-state index contributed by atoms with van der Waals surface area (Å²) in [6, 6.07) is 15.8. The number of rotatable bonds is 5. The zero-order valence-electron chi connectivity index (χ0n) is 15.4. The molecule has 2 N–H and O–H groups in total. The highest BCUT2D eigenvalue weighted by Gasteiger charge is 2.07. The van der Waals surface area contributed by atoms with E-state index in [1.165, 1.54) is 6.92 Å². The van der Waals surface area contributed by atoms with Crippen molar-refractivity contribution in [3.8, 4) is 22.5 Å². The molecular formula is C21H18N4OS2. The third kappa shape index (κ3) is 4.27. The summed E-state index contributed by atoms with van der Waals surface area (Å²) in [5.74, 6) is -0.0806. The summed E-state index contributed by atoms with van der Waals surface area (Å²) in [6.45, 7) is 3.51. The third-order valence-corrected chi connectivity index (χ3v) is 5.57. The van der Waals surface area contributed by atoms with Crippen LogP contribution in [0.25, 0.3) is 22.5 Å². The van der Waals surface area contributed by atoms with Crippen LogP contribution in [-0.4, -0.2) is 15.9 Å². The van der Waals surface area contributed by atoms with E-state index in [9.17, 15) is 4.79 Å². The highest BCUT2D eigenvalue weighted by atomic mass is 32.1. The van der Waals surface area contributed by atoms with Gasteiger partial charge in [-0.25, -0.2) is 9.97 Å². The largest absolute Gasteiger partial charge is 0.332 e.